The van der Waals surface area contributed by atoms with Gasteiger partial charge in [0.1, 0.15) is 5.69 Å². The molecule has 0 aliphatic heterocycles. The molecule has 1 aromatic rings. The third-order valence-electron chi connectivity index (χ3n) is 3.83. The highest BCUT2D eigenvalue weighted by Gasteiger charge is 2.26. The third-order valence-corrected chi connectivity index (χ3v) is 3.83. The first-order valence-corrected chi connectivity index (χ1v) is 8.72. The van der Waals surface area contributed by atoms with Crippen LogP contribution >= 0.6 is 0 Å². The quantitative estimate of drug-likeness (QED) is 0.400. The molecule has 1 heterocycles. The molecule has 0 fully saturated rings. The van der Waals surface area contributed by atoms with Crippen LogP contribution in [0.5, 0.6) is 0 Å². The van der Waals surface area contributed by atoms with Crippen molar-refractivity contribution in [3.8, 4) is 0 Å². The molecule has 1 N–H and O–H groups in total. The Labute approximate surface area is 150 Å². The van der Waals surface area contributed by atoms with Crippen molar-refractivity contribution in [2.45, 2.75) is 53.7 Å². The standard InChI is InChI=1S/C19H30N2O4/c1-7-11-21-15(6)16(14(5)17(21)19(23)24-8-2)18(22)20-10-9-12-25-13(3)4/h7,13H,1,8-12H2,2-6H3,(H,20,22). The van der Waals surface area contributed by atoms with Crippen LogP contribution in [0.2, 0.25) is 0 Å². The van der Waals surface area contributed by atoms with Crippen LogP contribution in [0.25, 0.3) is 0 Å². The number of carbonyl (C=O) groups excluding carboxylic acids is 2. The lowest BCUT2D eigenvalue weighted by atomic mass is 10.1. The van der Waals surface area contributed by atoms with Gasteiger partial charge in [0.25, 0.3) is 5.91 Å². The number of esters is 1. The summed E-state index contributed by atoms with van der Waals surface area (Å²) in [7, 11) is 0. The van der Waals surface area contributed by atoms with E-state index < -0.39 is 5.97 Å². The first-order valence-electron chi connectivity index (χ1n) is 8.72. The van der Waals surface area contributed by atoms with E-state index in [1.807, 2.05) is 20.8 Å². The second-order valence-electron chi connectivity index (χ2n) is 6.08. The third kappa shape index (κ3) is 5.46. The Hall–Kier alpha value is -2.08. The summed E-state index contributed by atoms with van der Waals surface area (Å²) in [5, 5.41) is 2.90. The van der Waals surface area contributed by atoms with E-state index in [1.165, 1.54) is 0 Å². The summed E-state index contributed by atoms with van der Waals surface area (Å²) >= 11 is 0. The maximum atomic E-state index is 12.6. The van der Waals surface area contributed by atoms with Crippen molar-refractivity contribution in [3.63, 3.8) is 0 Å². The Bertz CT molecular complexity index is 617. The van der Waals surface area contributed by atoms with E-state index in [-0.39, 0.29) is 18.6 Å². The van der Waals surface area contributed by atoms with E-state index in [0.717, 1.165) is 12.1 Å². The zero-order valence-corrected chi connectivity index (χ0v) is 16.0. The van der Waals surface area contributed by atoms with E-state index >= 15 is 0 Å². The van der Waals surface area contributed by atoms with E-state index in [9.17, 15) is 9.59 Å². The van der Waals surface area contributed by atoms with Crippen LogP contribution in [0, 0.1) is 13.8 Å². The highest BCUT2D eigenvalue weighted by Crippen LogP contribution is 2.23. The van der Waals surface area contributed by atoms with E-state index in [0.29, 0.717) is 36.5 Å². The number of hydrogen-bond acceptors (Lipinski definition) is 4. The Morgan fingerprint density at radius 3 is 2.56 bits per heavy atom. The van der Waals surface area contributed by atoms with Crippen molar-refractivity contribution in [1.82, 2.24) is 9.88 Å². The van der Waals surface area contributed by atoms with Gasteiger partial charge in [-0.05, 0) is 46.6 Å². The zero-order chi connectivity index (χ0) is 19.0. The van der Waals surface area contributed by atoms with Gasteiger partial charge in [0, 0.05) is 25.4 Å². The number of ether oxygens (including phenoxy) is 2. The van der Waals surface area contributed by atoms with E-state index in [2.05, 4.69) is 11.9 Å². The summed E-state index contributed by atoms with van der Waals surface area (Å²) in [5.74, 6) is -0.609. The monoisotopic (exact) mass is 350 g/mol. The van der Waals surface area contributed by atoms with Crippen LogP contribution in [0.15, 0.2) is 12.7 Å². The Morgan fingerprint density at radius 1 is 1.32 bits per heavy atom. The molecule has 0 saturated heterocycles. The van der Waals surface area contributed by atoms with Gasteiger partial charge in [-0.3, -0.25) is 4.79 Å². The molecule has 0 saturated carbocycles. The minimum Gasteiger partial charge on any atom is -0.461 e. The van der Waals surface area contributed by atoms with Crippen LogP contribution < -0.4 is 5.32 Å². The van der Waals surface area contributed by atoms with Crippen LogP contribution in [-0.4, -0.2) is 42.3 Å². The van der Waals surface area contributed by atoms with Gasteiger partial charge >= 0.3 is 5.97 Å². The van der Waals surface area contributed by atoms with Crippen LogP contribution in [-0.2, 0) is 16.0 Å². The Morgan fingerprint density at radius 2 is 2.00 bits per heavy atom. The normalized spacial score (nSPS) is 10.8. The van der Waals surface area contributed by atoms with E-state index in [4.69, 9.17) is 9.47 Å². The van der Waals surface area contributed by atoms with Gasteiger partial charge in [-0.15, -0.1) is 6.58 Å². The molecular weight excluding hydrogens is 320 g/mol. The summed E-state index contributed by atoms with van der Waals surface area (Å²) in [6.45, 7) is 14.9. The zero-order valence-electron chi connectivity index (χ0n) is 16.0. The lowest BCUT2D eigenvalue weighted by Crippen LogP contribution is -2.26. The van der Waals surface area contributed by atoms with Crippen LogP contribution in [0.1, 0.15) is 59.3 Å². The number of aromatic nitrogens is 1. The molecule has 0 radical (unpaired) electrons. The molecule has 0 bridgehead atoms. The number of hydrogen-bond donors (Lipinski definition) is 1. The van der Waals surface area contributed by atoms with Crippen molar-refractivity contribution < 1.29 is 19.1 Å². The van der Waals surface area contributed by atoms with E-state index in [1.54, 1.807) is 24.5 Å². The summed E-state index contributed by atoms with van der Waals surface area (Å²) in [4.78, 5) is 24.9. The summed E-state index contributed by atoms with van der Waals surface area (Å²) in [5.41, 5.74) is 2.30. The molecule has 0 unspecified atom stereocenters. The number of allylic oxidation sites excluding steroid dienone is 1. The van der Waals surface area contributed by atoms with Crippen molar-refractivity contribution in [1.29, 1.82) is 0 Å². The lowest BCUT2D eigenvalue weighted by molar-refractivity contribution is 0.0513. The van der Waals surface area contributed by atoms with Gasteiger partial charge in [-0.25, -0.2) is 4.79 Å². The molecule has 25 heavy (non-hydrogen) atoms. The molecule has 6 heteroatoms. The average molecular weight is 350 g/mol. The lowest BCUT2D eigenvalue weighted by Gasteiger charge is -2.09. The fourth-order valence-electron chi connectivity index (χ4n) is 2.73. The van der Waals surface area contributed by atoms with Crippen LogP contribution in [0.4, 0.5) is 0 Å². The molecular formula is C19H30N2O4. The van der Waals surface area contributed by atoms with Gasteiger partial charge < -0.3 is 19.4 Å². The first-order chi connectivity index (χ1) is 11.8. The molecule has 0 atom stereocenters. The minimum atomic E-state index is -0.422. The molecule has 0 spiro atoms. The van der Waals surface area contributed by atoms with Crippen molar-refractivity contribution in [3.05, 3.63) is 35.2 Å². The molecule has 0 aliphatic rings. The predicted octanol–water partition coefficient (Wildman–Crippen LogP) is 3.01. The summed E-state index contributed by atoms with van der Waals surface area (Å²) in [6, 6.07) is 0. The number of carbonyl (C=O) groups is 2. The second kappa shape index (κ2) is 10.0. The van der Waals surface area contributed by atoms with Gasteiger partial charge in [0.15, 0.2) is 0 Å². The maximum Gasteiger partial charge on any atom is 0.355 e. The number of amides is 1. The largest absolute Gasteiger partial charge is 0.461 e. The van der Waals surface area contributed by atoms with Crippen molar-refractivity contribution in [2.75, 3.05) is 19.8 Å². The second-order valence-corrected chi connectivity index (χ2v) is 6.08. The highest BCUT2D eigenvalue weighted by atomic mass is 16.5. The molecule has 0 aromatic carbocycles. The van der Waals surface area contributed by atoms with Crippen LogP contribution in [0.3, 0.4) is 0 Å². The molecule has 6 nitrogen and oxygen atoms in total. The van der Waals surface area contributed by atoms with Gasteiger partial charge in [0.2, 0.25) is 0 Å². The highest BCUT2D eigenvalue weighted by molar-refractivity contribution is 6.01. The number of rotatable bonds is 10. The Kier molecular flexibility index (Phi) is 8.41. The SMILES string of the molecule is C=CCn1c(C)c(C(=O)NCCCOC(C)C)c(C)c1C(=O)OCC. The Balaban J connectivity index is 2.95. The molecule has 1 amide bonds. The maximum absolute atomic E-state index is 12.6. The molecule has 1 rings (SSSR count). The minimum absolute atomic E-state index is 0.181. The molecule has 0 aliphatic carbocycles. The molecule has 140 valence electrons. The average Bonchev–Trinajstić information content (AvgIpc) is 2.78. The predicted molar refractivity (Wildman–Crippen MR) is 98.1 cm³/mol. The van der Waals surface area contributed by atoms with Crippen molar-refractivity contribution in [2.24, 2.45) is 0 Å². The fraction of sp³-hybridized carbons (Fsp3) is 0.579. The van der Waals surface area contributed by atoms with Gasteiger partial charge in [-0.2, -0.15) is 0 Å². The van der Waals surface area contributed by atoms with Gasteiger partial charge in [-0.1, -0.05) is 6.08 Å². The number of nitrogens with one attached hydrogen (secondary N) is 1. The molecule has 1 aromatic heterocycles. The fourth-order valence-corrected chi connectivity index (χ4v) is 2.73. The summed E-state index contributed by atoms with van der Waals surface area (Å²) in [6.07, 6.45) is 2.61. The summed E-state index contributed by atoms with van der Waals surface area (Å²) < 4.78 is 12.4. The first kappa shape index (κ1) is 21.0. The topological polar surface area (TPSA) is 69.6 Å². The van der Waals surface area contributed by atoms with Crippen molar-refractivity contribution >= 4 is 11.9 Å². The number of nitrogens with zero attached hydrogens (tertiary/aromatic N) is 1. The smallest absolute Gasteiger partial charge is 0.355 e. The van der Waals surface area contributed by atoms with Gasteiger partial charge in [0.05, 0.1) is 18.3 Å².